The molecule has 4 nitrogen and oxygen atoms in total. The summed E-state index contributed by atoms with van der Waals surface area (Å²) in [4.78, 5) is 4.53. The van der Waals surface area contributed by atoms with E-state index in [0.717, 1.165) is 28.5 Å². The van der Waals surface area contributed by atoms with Crippen molar-refractivity contribution in [3.63, 3.8) is 0 Å². The highest BCUT2D eigenvalue weighted by atomic mass is 16.5. The SMILES string of the molecule is COc1cccc(-c2nc(CC#N)c(C)n2C)c1. The van der Waals surface area contributed by atoms with E-state index in [1.807, 2.05) is 42.8 Å². The first-order chi connectivity index (χ1) is 8.67. The molecule has 4 heteroatoms. The molecule has 1 aromatic heterocycles. The Labute approximate surface area is 106 Å². The third kappa shape index (κ3) is 2.07. The van der Waals surface area contributed by atoms with Gasteiger partial charge < -0.3 is 9.30 Å². The number of hydrogen-bond acceptors (Lipinski definition) is 3. The molecular formula is C14H15N3O. The third-order valence-corrected chi connectivity index (χ3v) is 3.05. The molecule has 0 saturated heterocycles. The summed E-state index contributed by atoms with van der Waals surface area (Å²) in [6, 6.07) is 9.90. The van der Waals surface area contributed by atoms with Gasteiger partial charge >= 0.3 is 0 Å². The Bertz CT molecular complexity index is 608. The summed E-state index contributed by atoms with van der Waals surface area (Å²) in [6.45, 7) is 1.98. The first kappa shape index (κ1) is 12.2. The highest BCUT2D eigenvalue weighted by Crippen LogP contribution is 2.24. The smallest absolute Gasteiger partial charge is 0.140 e. The largest absolute Gasteiger partial charge is 0.497 e. The van der Waals surface area contributed by atoms with Crippen molar-refractivity contribution in [2.45, 2.75) is 13.3 Å². The lowest BCUT2D eigenvalue weighted by Crippen LogP contribution is -1.95. The predicted molar refractivity (Wildman–Crippen MR) is 69.3 cm³/mol. The van der Waals surface area contributed by atoms with Gasteiger partial charge in [-0.3, -0.25) is 0 Å². The van der Waals surface area contributed by atoms with E-state index in [9.17, 15) is 0 Å². The average molecular weight is 241 g/mol. The number of nitrogens with zero attached hydrogens (tertiary/aromatic N) is 3. The van der Waals surface area contributed by atoms with Crippen LogP contribution in [0.4, 0.5) is 0 Å². The van der Waals surface area contributed by atoms with E-state index in [-0.39, 0.29) is 0 Å². The molecule has 92 valence electrons. The Morgan fingerprint density at radius 2 is 2.22 bits per heavy atom. The van der Waals surface area contributed by atoms with Gasteiger partial charge in [-0.05, 0) is 19.1 Å². The van der Waals surface area contributed by atoms with Crippen molar-refractivity contribution in [2.75, 3.05) is 7.11 Å². The van der Waals surface area contributed by atoms with Crippen molar-refractivity contribution in [2.24, 2.45) is 7.05 Å². The molecule has 0 saturated carbocycles. The zero-order valence-electron chi connectivity index (χ0n) is 10.8. The van der Waals surface area contributed by atoms with Crippen LogP contribution in [0.5, 0.6) is 5.75 Å². The Hall–Kier alpha value is -2.28. The van der Waals surface area contributed by atoms with Crippen LogP contribution in [0.2, 0.25) is 0 Å². The average Bonchev–Trinajstić information content (AvgIpc) is 2.68. The lowest BCUT2D eigenvalue weighted by molar-refractivity contribution is 0.415. The number of rotatable bonds is 3. The Morgan fingerprint density at radius 1 is 1.44 bits per heavy atom. The van der Waals surface area contributed by atoms with E-state index < -0.39 is 0 Å². The summed E-state index contributed by atoms with van der Waals surface area (Å²) in [5, 5.41) is 8.78. The molecule has 0 atom stereocenters. The van der Waals surface area contributed by atoms with Gasteiger partial charge in [-0.15, -0.1) is 0 Å². The number of aromatic nitrogens is 2. The van der Waals surface area contributed by atoms with Gasteiger partial charge in [0.05, 0.1) is 25.3 Å². The number of benzene rings is 1. The zero-order chi connectivity index (χ0) is 13.1. The summed E-state index contributed by atoms with van der Waals surface area (Å²) in [5.41, 5.74) is 2.84. The van der Waals surface area contributed by atoms with Gasteiger partial charge in [0.25, 0.3) is 0 Å². The molecule has 0 bridgehead atoms. The first-order valence-corrected chi connectivity index (χ1v) is 5.71. The highest BCUT2D eigenvalue weighted by Gasteiger charge is 2.12. The van der Waals surface area contributed by atoms with Crippen LogP contribution >= 0.6 is 0 Å². The lowest BCUT2D eigenvalue weighted by atomic mass is 10.2. The highest BCUT2D eigenvalue weighted by molar-refractivity contribution is 5.59. The van der Waals surface area contributed by atoms with E-state index in [1.165, 1.54) is 0 Å². The van der Waals surface area contributed by atoms with Crippen LogP contribution in [0.15, 0.2) is 24.3 Å². The molecule has 2 rings (SSSR count). The van der Waals surface area contributed by atoms with E-state index in [4.69, 9.17) is 10.00 Å². The zero-order valence-corrected chi connectivity index (χ0v) is 10.8. The number of hydrogen-bond donors (Lipinski definition) is 0. The van der Waals surface area contributed by atoms with E-state index in [2.05, 4.69) is 11.1 Å². The molecule has 0 unspecified atom stereocenters. The van der Waals surface area contributed by atoms with Gasteiger partial charge in [0.15, 0.2) is 0 Å². The van der Waals surface area contributed by atoms with Crippen molar-refractivity contribution in [3.05, 3.63) is 35.7 Å². The normalized spacial score (nSPS) is 10.1. The maximum atomic E-state index is 8.78. The molecular weight excluding hydrogens is 226 g/mol. The third-order valence-electron chi connectivity index (χ3n) is 3.05. The van der Waals surface area contributed by atoms with Gasteiger partial charge in [-0.25, -0.2) is 4.98 Å². The molecule has 18 heavy (non-hydrogen) atoms. The van der Waals surface area contributed by atoms with Crippen LogP contribution in [-0.2, 0) is 13.5 Å². The maximum Gasteiger partial charge on any atom is 0.140 e. The second kappa shape index (κ2) is 4.92. The van der Waals surface area contributed by atoms with Gasteiger partial charge in [-0.1, -0.05) is 12.1 Å². The predicted octanol–water partition coefficient (Wildman–Crippen LogP) is 2.47. The standard InChI is InChI=1S/C14H15N3O/c1-10-13(7-8-15)16-14(17(10)2)11-5-4-6-12(9-11)18-3/h4-6,9H,7H2,1-3H3. The van der Waals surface area contributed by atoms with Crippen molar-refractivity contribution >= 4 is 0 Å². The molecule has 2 aromatic rings. The molecule has 0 fully saturated rings. The maximum absolute atomic E-state index is 8.78. The molecule has 0 aliphatic rings. The van der Waals surface area contributed by atoms with Crippen molar-refractivity contribution < 1.29 is 4.74 Å². The minimum absolute atomic E-state index is 0.337. The van der Waals surface area contributed by atoms with Gasteiger partial charge in [0.1, 0.15) is 11.6 Å². The molecule has 0 radical (unpaired) electrons. The Kier molecular flexibility index (Phi) is 3.33. The summed E-state index contributed by atoms with van der Waals surface area (Å²) >= 11 is 0. The number of nitriles is 1. The fraction of sp³-hybridized carbons (Fsp3) is 0.286. The monoisotopic (exact) mass is 241 g/mol. The molecule has 0 N–H and O–H groups in total. The molecule has 0 spiro atoms. The van der Waals surface area contributed by atoms with Crippen LogP contribution in [-0.4, -0.2) is 16.7 Å². The minimum atomic E-state index is 0.337. The summed E-state index contributed by atoms with van der Waals surface area (Å²) in [6.07, 6.45) is 0.337. The summed E-state index contributed by atoms with van der Waals surface area (Å²) in [7, 11) is 3.60. The Morgan fingerprint density at radius 3 is 2.89 bits per heavy atom. The topological polar surface area (TPSA) is 50.8 Å². The second-order valence-electron chi connectivity index (χ2n) is 4.09. The van der Waals surface area contributed by atoms with Gasteiger partial charge in [0.2, 0.25) is 0 Å². The summed E-state index contributed by atoms with van der Waals surface area (Å²) < 4.78 is 7.21. The van der Waals surface area contributed by atoms with E-state index in [0.29, 0.717) is 6.42 Å². The van der Waals surface area contributed by atoms with Crippen LogP contribution in [0.25, 0.3) is 11.4 Å². The quantitative estimate of drug-likeness (QED) is 0.829. The van der Waals surface area contributed by atoms with Crippen LogP contribution in [0.3, 0.4) is 0 Å². The molecule has 0 aliphatic heterocycles. The number of imidazole rings is 1. The fourth-order valence-electron chi connectivity index (χ4n) is 1.90. The van der Waals surface area contributed by atoms with E-state index in [1.54, 1.807) is 7.11 Å². The molecule has 0 aliphatic carbocycles. The number of ether oxygens (including phenoxy) is 1. The molecule has 1 heterocycles. The van der Waals surface area contributed by atoms with Gasteiger partial charge in [-0.2, -0.15) is 5.26 Å². The lowest BCUT2D eigenvalue weighted by Gasteiger charge is -2.05. The first-order valence-electron chi connectivity index (χ1n) is 5.71. The second-order valence-corrected chi connectivity index (χ2v) is 4.09. The van der Waals surface area contributed by atoms with Crippen LogP contribution in [0.1, 0.15) is 11.4 Å². The number of methoxy groups -OCH3 is 1. The summed E-state index contributed by atoms with van der Waals surface area (Å²) in [5.74, 6) is 1.66. The van der Waals surface area contributed by atoms with Crippen molar-refractivity contribution in [1.29, 1.82) is 5.26 Å². The Balaban J connectivity index is 2.50. The van der Waals surface area contributed by atoms with Crippen LogP contribution in [0, 0.1) is 18.3 Å². The van der Waals surface area contributed by atoms with Crippen molar-refractivity contribution in [1.82, 2.24) is 9.55 Å². The van der Waals surface area contributed by atoms with Gasteiger partial charge in [0, 0.05) is 18.3 Å². The molecule has 1 aromatic carbocycles. The fourth-order valence-corrected chi connectivity index (χ4v) is 1.90. The van der Waals surface area contributed by atoms with Crippen LogP contribution < -0.4 is 4.74 Å². The van der Waals surface area contributed by atoms with Crippen molar-refractivity contribution in [3.8, 4) is 23.2 Å². The van der Waals surface area contributed by atoms with E-state index >= 15 is 0 Å². The minimum Gasteiger partial charge on any atom is -0.497 e. The molecule has 0 amide bonds.